The Morgan fingerprint density at radius 2 is 1.32 bits per heavy atom. The fourth-order valence-electron chi connectivity index (χ4n) is 3.37. The van der Waals surface area contributed by atoms with Crippen molar-refractivity contribution in [2.75, 3.05) is 6.61 Å². The van der Waals surface area contributed by atoms with Crippen molar-refractivity contribution in [1.29, 1.82) is 0 Å². The molecule has 1 heterocycles. The lowest BCUT2D eigenvalue weighted by Gasteiger charge is -2.07. The highest BCUT2D eigenvalue weighted by Crippen LogP contribution is 2.21. The summed E-state index contributed by atoms with van der Waals surface area (Å²) in [5.41, 5.74) is 6.26. The van der Waals surface area contributed by atoms with Crippen LogP contribution in [0.2, 0.25) is 0 Å². The molecule has 0 N–H and O–H groups in total. The molecule has 0 aliphatic rings. The maximum absolute atomic E-state index is 5.50. The van der Waals surface area contributed by atoms with E-state index in [1.807, 2.05) is 25.3 Å². The van der Waals surface area contributed by atoms with Gasteiger partial charge in [-0.25, -0.2) is 0 Å². The Balaban J connectivity index is 1.52. The van der Waals surface area contributed by atoms with E-state index in [4.69, 9.17) is 4.74 Å². The Hall–Kier alpha value is -2.61. The second-order valence-corrected chi connectivity index (χ2v) is 7.28. The first kappa shape index (κ1) is 20.1. The van der Waals surface area contributed by atoms with E-state index < -0.39 is 0 Å². The molecular weight excluding hydrogens is 342 g/mol. The molecule has 3 rings (SSSR count). The standard InChI is InChI=1S/C26H31NO/c1-3-5-6-7-21-8-10-22(11-9-21)12-13-23-14-19-26(27-20-23)24-15-17-25(18-16-24)28-4-2/h8-11,14-20H,3-7,12-13H2,1-2H3. The van der Waals surface area contributed by atoms with Gasteiger partial charge in [-0.2, -0.15) is 0 Å². The summed E-state index contributed by atoms with van der Waals surface area (Å²) in [7, 11) is 0. The topological polar surface area (TPSA) is 22.1 Å². The van der Waals surface area contributed by atoms with Gasteiger partial charge in [-0.05, 0) is 79.6 Å². The molecule has 3 aromatic rings. The number of aryl methyl sites for hydroxylation is 3. The van der Waals surface area contributed by atoms with E-state index in [0.717, 1.165) is 29.8 Å². The summed E-state index contributed by atoms with van der Waals surface area (Å²) < 4.78 is 5.50. The molecule has 2 aromatic carbocycles. The van der Waals surface area contributed by atoms with Crippen molar-refractivity contribution >= 4 is 0 Å². The number of benzene rings is 2. The average Bonchev–Trinajstić information content (AvgIpc) is 2.75. The SMILES string of the molecule is CCCCCc1ccc(CCc2ccc(-c3ccc(OCC)cc3)nc2)cc1. The molecule has 0 atom stereocenters. The minimum absolute atomic E-state index is 0.688. The fraction of sp³-hybridized carbons (Fsp3) is 0.346. The Kier molecular flexibility index (Phi) is 7.66. The average molecular weight is 374 g/mol. The van der Waals surface area contributed by atoms with Crippen LogP contribution in [0.1, 0.15) is 49.8 Å². The number of aromatic nitrogens is 1. The van der Waals surface area contributed by atoms with Gasteiger partial charge in [0.1, 0.15) is 5.75 Å². The van der Waals surface area contributed by atoms with Crippen LogP contribution in [0.4, 0.5) is 0 Å². The molecule has 0 aliphatic carbocycles. The van der Waals surface area contributed by atoms with Gasteiger partial charge < -0.3 is 4.74 Å². The van der Waals surface area contributed by atoms with Crippen molar-refractivity contribution in [2.45, 2.75) is 52.4 Å². The van der Waals surface area contributed by atoms with Crippen LogP contribution >= 0.6 is 0 Å². The van der Waals surface area contributed by atoms with Crippen molar-refractivity contribution in [1.82, 2.24) is 4.98 Å². The summed E-state index contributed by atoms with van der Waals surface area (Å²) >= 11 is 0. The van der Waals surface area contributed by atoms with Crippen molar-refractivity contribution in [2.24, 2.45) is 0 Å². The zero-order valence-electron chi connectivity index (χ0n) is 17.2. The van der Waals surface area contributed by atoms with Gasteiger partial charge in [-0.3, -0.25) is 4.98 Å². The van der Waals surface area contributed by atoms with Gasteiger partial charge in [0.15, 0.2) is 0 Å². The molecular formula is C26H31NO. The van der Waals surface area contributed by atoms with Crippen LogP contribution in [0.5, 0.6) is 5.75 Å². The number of hydrogen-bond donors (Lipinski definition) is 0. The van der Waals surface area contributed by atoms with Crippen LogP contribution < -0.4 is 4.74 Å². The van der Waals surface area contributed by atoms with Crippen LogP contribution in [0.15, 0.2) is 66.9 Å². The Morgan fingerprint density at radius 1 is 0.679 bits per heavy atom. The minimum atomic E-state index is 0.688. The zero-order chi connectivity index (χ0) is 19.6. The first-order chi connectivity index (χ1) is 13.8. The molecule has 0 saturated carbocycles. The summed E-state index contributed by atoms with van der Waals surface area (Å²) in [5, 5.41) is 0. The Bertz CT molecular complexity index is 820. The monoisotopic (exact) mass is 373 g/mol. The predicted molar refractivity (Wildman–Crippen MR) is 118 cm³/mol. The van der Waals surface area contributed by atoms with Crippen molar-refractivity contribution in [3.8, 4) is 17.0 Å². The van der Waals surface area contributed by atoms with E-state index in [9.17, 15) is 0 Å². The fourth-order valence-corrected chi connectivity index (χ4v) is 3.37. The second kappa shape index (κ2) is 10.7. The largest absolute Gasteiger partial charge is 0.494 e. The lowest BCUT2D eigenvalue weighted by Crippen LogP contribution is -1.94. The zero-order valence-corrected chi connectivity index (χ0v) is 17.2. The van der Waals surface area contributed by atoms with E-state index in [0.29, 0.717) is 6.61 Å². The highest BCUT2D eigenvalue weighted by atomic mass is 16.5. The van der Waals surface area contributed by atoms with Crippen LogP contribution in [0.25, 0.3) is 11.3 Å². The molecule has 0 spiro atoms. The van der Waals surface area contributed by atoms with Gasteiger partial charge in [0.05, 0.1) is 12.3 Å². The van der Waals surface area contributed by atoms with Crippen LogP contribution in [0, 0.1) is 0 Å². The van der Waals surface area contributed by atoms with Gasteiger partial charge in [0.2, 0.25) is 0 Å². The summed E-state index contributed by atoms with van der Waals surface area (Å²) in [4.78, 5) is 4.65. The summed E-state index contributed by atoms with van der Waals surface area (Å²) in [6.07, 6.45) is 9.17. The Labute approximate surface area is 169 Å². The number of ether oxygens (including phenoxy) is 1. The smallest absolute Gasteiger partial charge is 0.119 e. The minimum Gasteiger partial charge on any atom is -0.494 e. The highest BCUT2D eigenvalue weighted by Gasteiger charge is 2.02. The molecule has 0 bridgehead atoms. The lowest BCUT2D eigenvalue weighted by atomic mass is 10.0. The normalized spacial score (nSPS) is 10.8. The molecule has 1 aromatic heterocycles. The van der Waals surface area contributed by atoms with Crippen LogP contribution in [0.3, 0.4) is 0 Å². The van der Waals surface area contributed by atoms with Gasteiger partial charge >= 0.3 is 0 Å². The molecule has 0 radical (unpaired) electrons. The number of hydrogen-bond acceptors (Lipinski definition) is 2. The van der Waals surface area contributed by atoms with Gasteiger partial charge in [-0.1, -0.05) is 50.1 Å². The third-order valence-electron chi connectivity index (χ3n) is 5.08. The van der Waals surface area contributed by atoms with Crippen LogP contribution in [-0.4, -0.2) is 11.6 Å². The van der Waals surface area contributed by atoms with E-state index in [1.165, 1.54) is 42.4 Å². The van der Waals surface area contributed by atoms with Crippen molar-refractivity contribution in [3.05, 3.63) is 83.6 Å². The molecule has 0 fully saturated rings. The number of nitrogens with zero attached hydrogens (tertiary/aromatic N) is 1. The molecule has 2 nitrogen and oxygen atoms in total. The van der Waals surface area contributed by atoms with Gasteiger partial charge in [-0.15, -0.1) is 0 Å². The molecule has 2 heteroatoms. The second-order valence-electron chi connectivity index (χ2n) is 7.28. The maximum atomic E-state index is 5.50. The van der Waals surface area contributed by atoms with E-state index >= 15 is 0 Å². The third-order valence-corrected chi connectivity index (χ3v) is 5.08. The quantitative estimate of drug-likeness (QED) is 0.370. The Morgan fingerprint density at radius 3 is 1.93 bits per heavy atom. The maximum Gasteiger partial charge on any atom is 0.119 e. The van der Waals surface area contributed by atoms with E-state index in [-0.39, 0.29) is 0 Å². The summed E-state index contributed by atoms with van der Waals surface area (Å²) in [6.45, 7) is 4.94. The molecule has 28 heavy (non-hydrogen) atoms. The predicted octanol–water partition coefficient (Wildman–Crippen LogP) is 6.67. The number of rotatable bonds is 10. The van der Waals surface area contributed by atoms with E-state index in [1.54, 1.807) is 0 Å². The highest BCUT2D eigenvalue weighted by molar-refractivity contribution is 5.60. The number of pyridine rings is 1. The van der Waals surface area contributed by atoms with Crippen molar-refractivity contribution in [3.63, 3.8) is 0 Å². The molecule has 0 amide bonds. The first-order valence-corrected chi connectivity index (χ1v) is 10.5. The van der Waals surface area contributed by atoms with Crippen LogP contribution in [-0.2, 0) is 19.3 Å². The summed E-state index contributed by atoms with van der Waals surface area (Å²) in [5.74, 6) is 0.902. The first-order valence-electron chi connectivity index (χ1n) is 10.5. The molecule has 0 saturated heterocycles. The summed E-state index contributed by atoms with van der Waals surface area (Å²) in [6, 6.07) is 21.6. The van der Waals surface area contributed by atoms with E-state index in [2.05, 4.69) is 60.4 Å². The number of unbranched alkanes of at least 4 members (excludes halogenated alkanes) is 2. The molecule has 0 aliphatic heterocycles. The van der Waals surface area contributed by atoms with Gasteiger partial charge in [0.25, 0.3) is 0 Å². The molecule has 146 valence electrons. The third kappa shape index (κ3) is 5.95. The molecule has 0 unspecified atom stereocenters. The van der Waals surface area contributed by atoms with Crippen molar-refractivity contribution < 1.29 is 4.74 Å². The van der Waals surface area contributed by atoms with Gasteiger partial charge in [0, 0.05) is 11.8 Å². The lowest BCUT2D eigenvalue weighted by molar-refractivity contribution is 0.340.